The minimum absolute atomic E-state index is 0.278. The lowest BCUT2D eigenvalue weighted by atomic mass is 10.2. The Hall–Kier alpha value is -1.03. The molecule has 0 aliphatic rings. The highest BCUT2D eigenvalue weighted by Gasteiger charge is 1.99. The first-order chi connectivity index (χ1) is 6.24. The van der Waals surface area contributed by atoms with E-state index in [0.29, 0.717) is 0 Å². The van der Waals surface area contributed by atoms with E-state index in [-0.39, 0.29) is 6.61 Å². The van der Waals surface area contributed by atoms with Crippen molar-refractivity contribution in [1.29, 1.82) is 0 Å². The smallest absolute Gasteiger partial charge is 0.0822 e. The van der Waals surface area contributed by atoms with Crippen LogP contribution >= 0.6 is 0 Å². The average Bonchev–Trinajstić information content (AvgIpc) is 2.41. The summed E-state index contributed by atoms with van der Waals surface area (Å²) in [5.74, 6) is 0. The number of aliphatic hydroxyl groups is 1. The summed E-state index contributed by atoms with van der Waals surface area (Å²) in [4.78, 5) is 0. The van der Waals surface area contributed by atoms with Gasteiger partial charge in [-0.1, -0.05) is 0 Å². The Morgan fingerprint density at radius 3 is 2.77 bits per heavy atom. The lowest BCUT2D eigenvalue weighted by Crippen LogP contribution is -1.99. The fourth-order valence-corrected chi connectivity index (χ4v) is 1.21. The van der Waals surface area contributed by atoms with Crippen molar-refractivity contribution in [2.45, 2.75) is 32.7 Å². The van der Waals surface area contributed by atoms with Gasteiger partial charge in [-0.25, -0.2) is 0 Å². The number of aliphatic hydroxyl groups excluding tert-OH is 1. The molecular formula is C9H17N3O. The highest BCUT2D eigenvalue weighted by Crippen LogP contribution is 2.07. The summed E-state index contributed by atoms with van der Waals surface area (Å²) >= 11 is 0. The molecule has 0 aromatic carbocycles. The summed E-state index contributed by atoms with van der Waals surface area (Å²) in [6, 6.07) is 0. The van der Waals surface area contributed by atoms with Crippen LogP contribution in [0.4, 0.5) is 5.69 Å². The van der Waals surface area contributed by atoms with Gasteiger partial charge < -0.3 is 10.8 Å². The molecule has 0 unspecified atom stereocenters. The molecule has 0 aliphatic heterocycles. The van der Waals surface area contributed by atoms with Crippen molar-refractivity contribution in [2.24, 2.45) is 0 Å². The number of aryl methyl sites for hydroxylation is 2. The van der Waals surface area contributed by atoms with E-state index in [1.54, 1.807) is 0 Å². The van der Waals surface area contributed by atoms with Crippen LogP contribution in [-0.2, 0) is 6.54 Å². The molecule has 0 saturated carbocycles. The van der Waals surface area contributed by atoms with E-state index < -0.39 is 0 Å². The summed E-state index contributed by atoms with van der Waals surface area (Å²) in [5.41, 5.74) is 7.29. The average molecular weight is 183 g/mol. The first-order valence-electron chi connectivity index (χ1n) is 4.64. The second-order valence-electron chi connectivity index (χ2n) is 3.22. The number of nitrogens with two attached hydrogens (primary N) is 1. The number of rotatable bonds is 5. The van der Waals surface area contributed by atoms with E-state index in [2.05, 4.69) is 5.10 Å². The van der Waals surface area contributed by atoms with Crippen molar-refractivity contribution in [3.8, 4) is 0 Å². The third-order valence-corrected chi connectivity index (χ3v) is 2.03. The quantitative estimate of drug-likeness (QED) is 0.668. The SMILES string of the molecule is Cc1nn(CCCCCO)cc1N. The number of hydrogen-bond acceptors (Lipinski definition) is 3. The molecule has 0 fully saturated rings. The molecule has 1 aromatic rings. The Bertz CT molecular complexity index is 238. The topological polar surface area (TPSA) is 64.1 Å². The molecule has 1 heterocycles. The molecule has 1 aromatic heterocycles. The van der Waals surface area contributed by atoms with Crippen LogP contribution in [0.2, 0.25) is 0 Å². The Morgan fingerprint density at radius 1 is 1.46 bits per heavy atom. The number of nitrogen functional groups attached to an aromatic ring is 1. The Balaban J connectivity index is 2.29. The van der Waals surface area contributed by atoms with Crippen molar-refractivity contribution >= 4 is 5.69 Å². The number of nitrogens with zero attached hydrogens (tertiary/aromatic N) is 2. The minimum Gasteiger partial charge on any atom is -0.396 e. The van der Waals surface area contributed by atoms with Gasteiger partial charge in [0.05, 0.1) is 11.4 Å². The van der Waals surface area contributed by atoms with Gasteiger partial charge in [-0.05, 0) is 26.2 Å². The molecule has 0 aliphatic carbocycles. The van der Waals surface area contributed by atoms with Crippen molar-refractivity contribution < 1.29 is 5.11 Å². The highest BCUT2D eigenvalue weighted by atomic mass is 16.2. The van der Waals surface area contributed by atoms with E-state index in [0.717, 1.165) is 37.2 Å². The second kappa shape index (κ2) is 4.87. The van der Waals surface area contributed by atoms with Crippen LogP contribution in [0.3, 0.4) is 0 Å². The number of hydrogen-bond donors (Lipinski definition) is 2. The van der Waals surface area contributed by atoms with Gasteiger partial charge in [-0.3, -0.25) is 4.68 Å². The highest BCUT2D eigenvalue weighted by molar-refractivity contribution is 5.39. The zero-order valence-electron chi connectivity index (χ0n) is 8.03. The molecule has 0 saturated heterocycles. The van der Waals surface area contributed by atoms with Crippen molar-refractivity contribution in [1.82, 2.24) is 9.78 Å². The molecule has 1 rings (SSSR count). The van der Waals surface area contributed by atoms with Gasteiger partial charge in [0, 0.05) is 19.3 Å². The Labute approximate surface area is 78.4 Å². The summed E-state index contributed by atoms with van der Waals surface area (Å²) in [6.07, 6.45) is 4.81. The summed E-state index contributed by atoms with van der Waals surface area (Å²) in [5, 5.41) is 12.8. The summed E-state index contributed by atoms with van der Waals surface area (Å²) in [7, 11) is 0. The molecule has 13 heavy (non-hydrogen) atoms. The van der Waals surface area contributed by atoms with Crippen LogP contribution in [0.15, 0.2) is 6.20 Å². The van der Waals surface area contributed by atoms with Crippen LogP contribution in [0.1, 0.15) is 25.0 Å². The zero-order valence-corrected chi connectivity index (χ0v) is 8.03. The lowest BCUT2D eigenvalue weighted by Gasteiger charge is -1.99. The zero-order chi connectivity index (χ0) is 9.68. The van der Waals surface area contributed by atoms with E-state index >= 15 is 0 Å². The van der Waals surface area contributed by atoms with Crippen molar-refractivity contribution in [2.75, 3.05) is 12.3 Å². The van der Waals surface area contributed by atoms with Gasteiger partial charge in [0.25, 0.3) is 0 Å². The first-order valence-corrected chi connectivity index (χ1v) is 4.64. The summed E-state index contributed by atoms with van der Waals surface area (Å²) < 4.78 is 1.86. The predicted octanol–water partition coefficient (Wildman–Crippen LogP) is 0.936. The van der Waals surface area contributed by atoms with Crippen LogP contribution < -0.4 is 5.73 Å². The normalized spacial score (nSPS) is 10.6. The fourth-order valence-electron chi connectivity index (χ4n) is 1.21. The number of anilines is 1. The van der Waals surface area contributed by atoms with Gasteiger partial charge in [0.1, 0.15) is 0 Å². The molecule has 4 nitrogen and oxygen atoms in total. The molecule has 0 amide bonds. The van der Waals surface area contributed by atoms with Crippen LogP contribution in [0.25, 0.3) is 0 Å². The maximum Gasteiger partial charge on any atom is 0.0822 e. The van der Waals surface area contributed by atoms with Crippen LogP contribution in [0.5, 0.6) is 0 Å². The molecule has 74 valence electrons. The molecule has 3 N–H and O–H groups in total. The van der Waals surface area contributed by atoms with E-state index in [1.165, 1.54) is 0 Å². The molecule has 0 atom stereocenters. The van der Waals surface area contributed by atoms with Gasteiger partial charge in [-0.2, -0.15) is 5.10 Å². The van der Waals surface area contributed by atoms with Crippen LogP contribution in [-0.4, -0.2) is 21.5 Å². The van der Waals surface area contributed by atoms with E-state index in [1.807, 2.05) is 17.8 Å². The van der Waals surface area contributed by atoms with E-state index in [4.69, 9.17) is 10.8 Å². The second-order valence-corrected chi connectivity index (χ2v) is 3.22. The lowest BCUT2D eigenvalue weighted by molar-refractivity contribution is 0.281. The first kappa shape index (κ1) is 10.1. The maximum atomic E-state index is 8.57. The van der Waals surface area contributed by atoms with Crippen molar-refractivity contribution in [3.05, 3.63) is 11.9 Å². The number of unbranched alkanes of at least 4 members (excludes halogenated alkanes) is 2. The van der Waals surface area contributed by atoms with Gasteiger partial charge >= 0.3 is 0 Å². The molecule has 4 heteroatoms. The molecule has 0 spiro atoms. The molecule has 0 radical (unpaired) electrons. The van der Waals surface area contributed by atoms with Crippen molar-refractivity contribution in [3.63, 3.8) is 0 Å². The van der Waals surface area contributed by atoms with Crippen LogP contribution in [0, 0.1) is 6.92 Å². The minimum atomic E-state index is 0.278. The Kier molecular flexibility index (Phi) is 3.76. The van der Waals surface area contributed by atoms with E-state index in [9.17, 15) is 0 Å². The standard InChI is InChI=1S/C9H17N3O/c1-8-9(10)7-12(11-8)5-3-2-4-6-13/h7,13H,2-6,10H2,1H3. The fraction of sp³-hybridized carbons (Fsp3) is 0.667. The predicted molar refractivity (Wildman–Crippen MR) is 52.3 cm³/mol. The van der Waals surface area contributed by atoms with Gasteiger partial charge in [-0.15, -0.1) is 0 Å². The maximum absolute atomic E-state index is 8.57. The van der Waals surface area contributed by atoms with Gasteiger partial charge in [0.2, 0.25) is 0 Å². The van der Waals surface area contributed by atoms with Gasteiger partial charge in [0.15, 0.2) is 0 Å². The number of aromatic nitrogens is 2. The monoisotopic (exact) mass is 183 g/mol. The molecule has 0 bridgehead atoms. The largest absolute Gasteiger partial charge is 0.396 e. The summed E-state index contributed by atoms with van der Waals surface area (Å²) in [6.45, 7) is 3.07. The third kappa shape index (κ3) is 3.06. The molecular weight excluding hydrogens is 166 g/mol. The Morgan fingerprint density at radius 2 is 2.23 bits per heavy atom. The third-order valence-electron chi connectivity index (χ3n) is 2.03.